The van der Waals surface area contributed by atoms with E-state index < -0.39 is 0 Å². The van der Waals surface area contributed by atoms with Crippen molar-refractivity contribution in [1.29, 1.82) is 0 Å². The SMILES string of the molecule is C.P.S.[Cr].[Cu].[Mn].[Mo].[Ni].[Si]. The molecule has 0 nitrogen and oxygen atoms in total. The van der Waals surface area contributed by atoms with Gasteiger partial charge in [-0.15, -0.1) is 0 Å². The summed E-state index contributed by atoms with van der Waals surface area (Å²) in [4.78, 5) is 0. The van der Waals surface area contributed by atoms with Gasteiger partial charge in [-0.05, 0) is 0 Å². The van der Waals surface area contributed by atoms with E-state index in [4.69, 9.17) is 0 Å². The summed E-state index contributed by atoms with van der Waals surface area (Å²) >= 11 is 0. The zero-order valence-corrected chi connectivity index (χ0v) is 13.3. The van der Waals surface area contributed by atoms with Crippen molar-refractivity contribution in [3.8, 4) is 0 Å². The van der Waals surface area contributed by atoms with E-state index in [-0.39, 0.29) is 131 Å². The van der Waals surface area contributed by atoms with Crippen molar-refractivity contribution in [2.45, 2.75) is 7.43 Å². The predicted octanol–water partition coefficient (Wildman–Crippen LogP) is 0.414. The van der Waals surface area contributed by atoms with Crippen LogP contribution in [0.5, 0.6) is 0 Å². The van der Waals surface area contributed by atoms with Gasteiger partial charge in [-0.3, -0.25) is 0 Å². The Hall–Kier alpha value is 3.75. The zero-order chi connectivity index (χ0) is 0. The van der Waals surface area contributed by atoms with Crippen LogP contribution in [-0.2, 0) is 89.1 Å². The molecule has 68 valence electrons. The Labute approximate surface area is 129 Å². The van der Waals surface area contributed by atoms with Crippen LogP contribution in [0.4, 0.5) is 0 Å². The molecule has 1 unspecified atom stereocenters. The summed E-state index contributed by atoms with van der Waals surface area (Å²) in [5.41, 5.74) is 0. The van der Waals surface area contributed by atoms with Crippen LogP contribution in [0.1, 0.15) is 7.43 Å². The monoisotopic (exact) mass is 438 g/mol. The maximum absolute atomic E-state index is 0. The second kappa shape index (κ2) is 96.6. The molecule has 0 aromatic heterocycles. The van der Waals surface area contributed by atoms with E-state index in [1.165, 1.54) is 0 Å². The molecule has 0 rings (SSSR count). The van der Waals surface area contributed by atoms with Gasteiger partial charge in [0.25, 0.3) is 0 Å². The second-order valence-electron chi connectivity index (χ2n) is 0. The first-order chi connectivity index (χ1) is 0. The Kier molecular flexibility index (Phi) is 1340. The summed E-state index contributed by atoms with van der Waals surface area (Å²) in [6, 6.07) is 0. The molecule has 0 heterocycles. The Morgan fingerprint density at radius 3 is 1.00 bits per heavy atom. The summed E-state index contributed by atoms with van der Waals surface area (Å²) in [6.45, 7) is 0. The fourth-order valence-electron chi connectivity index (χ4n) is 0. The van der Waals surface area contributed by atoms with Crippen molar-refractivity contribution >= 4 is 34.4 Å². The molecule has 0 N–H and O–H groups in total. The second-order valence-corrected chi connectivity index (χ2v) is 0. The Morgan fingerprint density at radius 1 is 1.00 bits per heavy atom. The van der Waals surface area contributed by atoms with Gasteiger partial charge in [0.15, 0.2) is 0 Å². The maximum atomic E-state index is 0. The topological polar surface area (TPSA) is 0 Å². The molecule has 0 fully saturated rings. The molecular formula is CH9CrCuMnMoNiPSSi. The van der Waals surface area contributed by atoms with Crippen molar-refractivity contribution in [3.63, 3.8) is 0 Å². The van der Waals surface area contributed by atoms with Crippen LogP contribution in [0.2, 0.25) is 0 Å². The van der Waals surface area contributed by atoms with Crippen molar-refractivity contribution in [2.75, 3.05) is 0 Å². The fraction of sp³-hybridized carbons (Fsp3) is 1.00. The van der Waals surface area contributed by atoms with Gasteiger partial charge in [-0.1, -0.05) is 7.43 Å². The molecule has 0 bridgehead atoms. The van der Waals surface area contributed by atoms with E-state index in [0.29, 0.717) is 0 Å². The molecule has 0 aliphatic carbocycles. The van der Waals surface area contributed by atoms with Crippen molar-refractivity contribution in [2.24, 2.45) is 0 Å². The number of hydrogen-bond acceptors (Lipinski definition) is 0. The van der Waals surface area contributed by atoms with Gasteiger partial charge in [0.2, 0.25) is 0 Å². The molecule has 8 heteroatoms. The minimum Gasteiger partial charge on any atom is -0.197 e. The molecule has 0 spiro atoms. The van der Waals surface area contributed by atoms with Crippen molar-refractivity contribution in [3.05, 3.63) is 0 Å². The molecular weight excluding hydrogens is 428 g/mol. The van der Waals surface area contributed by atoms with Gasteiger partial charge in [0.05, 0.1) is 0 Å². The molecule has 6 radical (unpaired) electrons. The first-order valence-corrected chi connectivity index (χ1v) is 0. The number of rotatable bonds is 0. The predicted molar refractivity (Wildman–Crippen MR) is 34.0 cm³/mol. The first-order valence-electron chi connectivity index (χ1n) is 0. The van der Waals surface area contributed by atoms with E-state index >= 15 is 0 Å². The fourth-order valence-corrected chi connectivity index (χ4v) is 0. The molecule has 0 aromatic rings. The third-order valence-corrected chi connectivity index (χ3v) is 0. The molecule has 9 heavy (non-hydrogen) atoms. The van der Waals surface area contributed by atoms with Gasteiger partial charge in [-0.25, -0.2) is 0 Å². The van der Waals surface area contributed by atoms with Crippen LogP contribution in [0.15, 0.2) is 0 Å². The Balaban J connectivity index is 0. The van der Waals surface area contributed by atoms with Gasteiger partial charge in [-0.2, -0.15) is 23.4 Å². The van der Waals surface area contributed by atoms with E-state index in [0.717, 1.165) is 0 Å². The zero-order valence-electron chi connectivity index (χ0n) is 3.52. The molecule has 0 amide bonds. The van der Waals surface area contributed by atoms with Gasteiger partial charge in [0.1, 0.15) is 0 Å². The van der Waals surface area contributed by atoms with Gasteiger partial charge < -0.3 is 0 Å². The molecule has 1 atom stereocenters. The third kappa shape index (κ3) is 79.4. The summed E-state index contributed by atoms with van der Waals surface area (Å²) < 4.78 is 0. The molecule has 0 aliphatic rings. The first kappa shape index (κ1) is 125. The van der Waals surface area contributed by atoms with E-state index in [9.17, 15) is 0 Å². The average Bonchev–Trinajstić information content (AvgIpc) is 0. The Bertz CT molecular complexity index is 28.5. The van der Waals surface area contributed by atoms with Crippen molar-refractivity contribution < 1.29 is 89.1 Å². The van der Waals surface area contributed by atoms with Crippen LogP contribution in [0.25, 0.3) is 0 Å². The van der Waals surface area contributed by atoms with Crippen LogP contribution in [0, 0.1) is 0 Å². The van der Waals surface area contributed by atoms with Crippen LogP contribution in [-0.4, -0.2) is 11.0 Å². The van der Waals surface area contributed by atoms with Crippen LogP contribution < -0.4 is 0 Å². The normalized spacial score (nSPS) is 0. The maximum Gasteiger partial charge on any atom is 0 e. The van der Waals surface area contributed by atoms with E-state index in [1.54, 1.807) is 0 Å². The summed E-state index contributed by atoms with van der Waals surface area (Å²) in [6.07, 6.45) is 0. The van der Waals surface area contributed by atoms with E-state index in [2.05, 4.69) is 0 Å². The van der Waals surface area contributed by atoms with Gasteiger partial charge in [0, 0.05) is 100 Å². The molecule has 0 saturated carbocycles. The minimum absolute atomic E-state index is 0. The molecule has 0 aromatic carbocycles. The quantitative estimate of drug-likeness (QED) is 0.381. The average molecular weight is 437 g/mol. The smallest absolute Gasteiger partial charge is 0 e. The minimum atomic E-state index is 0. The third-order valence-electron chi connectivity index (χ3n) is 0. The largest absolute Gasteiger partial charge is 0.197 e. The summed E-state index contributed by atoms with van der Waals surface area (Å²) in [5.74, 6) is 0. The van der Waals surface area contributed by atoms with Crippen LogP contribution in [0.3, 0.4) is 0 Å². The van der Waals surface area contributed by atoms with Crippen LogP contribution >= 0.6 is 23.4 Å². The summed E-state index contributed by atoms with van der Waals surface area (Å²) in [7, 11) is 0. The molecule has 0 saturated heterocycles. The summed E-state index contributed by atoms with van der Waals surface area (Å²) in [5, 5.41) is 0. The van der Waals surface area contributed by atoms with Crippen molar-refractivity contribution in [1.82, 2.24) is 0 Å². The number of hydrogen-bond donors (Lipinski definition) is 0. The molecule has 0 aliphatic heterocycles. The standard InChI is InChI=1S/CH4.Cr.Cu.Mn.Mo.Ni.H3P.H2S.Si/h1H4;;;;;;1H3;1H2;. The van der Waals surface area contributed by atoms with Gasteiger partial charge >= 0.3 is 0 Å². The van der Waals surface area contributed by atoms with E-state index in [1.807, 2.05) is 0 Å². The Morgan fingerprint density at radius 2 is 1.00 bits per heavy atom.